The highest BCUT2D eigenvalue weighted by molar-refractivity contribution is 5.80. The molecule has 0 atom stereocenters. The van der Waals surface area contributed by atoms with Crippen molar-refractivity contribution in [1.82, 2.24) is 9.66 Å². The standard InChI is InChI=1S/C19H19N3O/c1-19(2,3)15-10-8-14(9-11-15)12-21-22-13-20-17-7-5-4-6-16(17)18(22)23/h4-13H,1-3H3/b21-12+. The molecule has 0 aliphatic rings. The van der Waals surface area contributed by atoms with Crippen molar-refractivity contribution in [2.75, 3.05) is 0 Å². The van der Waals surface area contributed by atoms with Gasteiger partial charge < -0.3 is 0 Å². The zero-order chi connectivity index (χ0) is 16.4. The molecule has 0 bridgehead atoms. The molecule has 0 amide bonds. The highest BCUT2D eigenvalue weighted by Crippen LogP contribution is 2.21. The Kier molecular flexibility index (Phi) is 3.82. The van der Waals surface area contributed by atoms with E-state index in [9.17, 15) is 4.79 Å². The van der Waals surface area contributed by atoms with E-state index in [0.29, 0.717) is 10.9 Å². The molecule has 4 heteroatoms. The third-order valence-corrected chi connectivity index (χ3v) is 3.76. The lowest BCUT2D eigenvalue weighted by molar-refractivity contribution is 0.590. The van der Waals surface area contributed by atoms with Crippen molar-refractivity contribution < 1.29 is 0 Å². The first-order valence-electron chi connectivity index (χ1n) is 7.56. The zero-order valence-corrected chi connectivity index (χ0v) is 13.5. The number of nitrogens with zero attached hydrogens (tertiary/aromatic N) is 3. The van der Waals surface area contributed by atoms with Gasteiger partial charge in [-0.05, 0) is 28.7 Å². The Morgan fingerprint density at radius 3 is 2.43 bits per heavy atom. The van der Waals surface area contributed by atoms with Gasteiger partial charge in [0, 0.05) is 0 Å². The van der Waals surface area contributed by atoms with Crippen LogP contribution in [0.15, 0.2) is 64.8 Å². The quantitative estimate of drug-likeness (QED) is 0.679. The van der Waals surface area contributed by atoms with Gasteiger partial charge in [-0.1, -0.05) is 57.2 Å². The molecule has 2 aromatic carbocycles. The molecule has 4 nitrogen and oxygen atoms in total. The lowest BCUT2D eigenvalue weighted by atomic mass is 9.87. The average Bonchev–Trinajstić information content (AvgIpc) is 2.54. The lowest BCUT2D eigenvalue weighted by Crippen LogP contribution is -2.17. The third kappa shape index (κ3) is 3.21. The number of rotatable bonds is 2. The number of hydrogen-bond donors (Lipinski definition) is 0. The molecule has 0 fully saturated rings. The molecular weight excluding hydrogens is 286 g/mol. The summed E-state index contributed by atoms with van der Waals surface area (Å²) in [5.41, 5.74) is 2.84. The highest BCUT2D eigenvalue weighted by Gasteiger charge is 2.12. The van der Waals surface area contributed by atoms with Crippen LogP contribution in [0.3, 0.4) is 0 Å². The molecule has 0 aliphatic heterocycles. The Hall–Kier alpha value is -2.75. The second-order valence-corrected chi connectivity index (χ2v) is 6.53. The van der Waals surface area contributed by atoms with Gasteiger partial charge in [-0.2, -0.15) is 9.78 Å². The van der Waals surface area contributed by atoms with E-state index < -0.39 is 0 Å². The van der Waals surface area contributed by atoms with E-state index in [1.54, 1.807) is 12.3 Å². The third-order valence-electron chi connectivity index (χ3n) is 3.76. The van der Waals surface area contributed by atoms with Gasteiger partial charge in [-0.15, -0.1) is 0 Å². The summed E-state index contributed by atoms with van der Waals surface area (Å²) in [4.78, 5) is 16.6. The van der Waals surface area contributed by atoms with Crippen molar-refractivity contribution in [2.45, 2.75) is 26.2 Å². The minimum absolute atomic E-state index is 0.120. The van der Waals surface area contributed by atoms with Crippen molar-refractivity contribution >= 4 is 17.1 Å². The fourth-order valence-electron chi connectivity index (χ4n) is 2.34. The Morgan fingerprint density at radius 2 is 1.74 bits per heavy atom. The molecule has 23 heavy (non-hydrogen) atoms. The molecular formula is C19H19N3O. The Labute approximate surface area is 135 Å². The predicted molar refractivity (Wildman–Crippen MR) is 94.1 cm³/mol. The summed E-state index contributed by atoms with van der Waals surface area (Å²) in [6.07, 6.45) is 3.12. The van der Waals surface area contributed by atoms with Gasteiger partial charge in [0.2, 0.25) is 0 Å². The van der Waals surface area contributed by atoms with Gasteiger partial charge in [0.05, 0.1) is 17.1 Å². The second-order valence-electron chi connectivity index (χ2n) is 6.53. The van der Waals surface area contributed by atoms with Crippen molar-refractivity contribution in [3.05, 3.63) is 76.3 Å². The molecule has 0 spiro atoms. The maximum Gasteiger partial charge on any atom is 0.281 e. The Morgan fingerprint density at radius 1 is 1.04 bits per heavy atom. The lowest BCUT2D eigenvalue weighted by Gasteiger charge is -2.18. The summed E-state index contributed by atoms with van der Waals surface area (Å²) in [6.45, 7) is 6.53. The number of fused-ring (bicyclic) bond motifs is 1. The van der Waals surface area contributed by atoms with Crippen molar-refractivity contribution in [1.29, 1.82) is 0 Å². The van der Waals surface area contributed by atoms with Gasteiger partial charge in [0.1, 0.15) is 6.33 Å². The molecule has 0 unspecified atom stereocenters. The van der Waals surface area contributed by atoms with Gasteiger partial charge in [0.25, 0.3) is 5.56 Å². The predicted octanol–water partition coefficient (Wildman–Crippen LogP) is 3.58. The molecule has 116 valence electrons. The summed E-state index contributed by atoms with van der Waals surface area (Å²) < 4.78 is 1.26. The maximum absolute atomic E-state index is 12.3. The van der Waals surface area contributed by atoms with Crippen molar-refractivity contribution in [3.8, 4) is 0 Å². The fraction of sp³-hybridized carbons (Fsp3) is 0.211. The van der Waals surface area contributed by atoms with Crippen LogP contribution in [0, 0.1) is 0 Å². The van der Waals surface area contributed by atoms with Crippen LogP contribution >= 0.6 is 0 Å². The van der Waals surface area contributed by atoms with Crippen LogP contribution in [0.2, 0.25) is 0 Å². The number of para-hydroxylation sites is 1. The fourth-order valence-corrected chi connectivity index (χ4v) is 2.34. The first-order valence-corrected chi connectivity index (χ1v) is 7.56. The van der Waals surface area contributed by atoms with E-state index in [2.05, 4.69) is 43.0 Å². The average molecular weight is 305 g/mol. The molecule has 3 rings (SSSR count). The largest absolute Gasteiger partial charge is 0.281 e. The van der Waals surface area contributed by atoms with Crippen molar-refractivity contribution in [2.24, 2.45) is 5.10 Å². The molecule has 0 saturated carbocycles. The van der Waals surface area contributed by atoms with Crippen LogP contribution in [-0.2, 0) is 5.41 Å². The van der Waals surface area contributed by atoms with Gasteiger partial charge in [-0.25, -0.2) is 4.98 Å². The topological polar surface area (TPSA) is 47.2 Å². The van der Waals surface area contributed by atoms with Gasteiger partial charge in [0.15, 0.2) is 0 Å². The monoisotopic (exact) mass is 305 g/mol. The van der Waals surface area contributed by atoms with Crippen LogP contribution in [0.1, 0.15) is 31.9 Å². The van der Waals surface area contributed by atoms with Crippen LogP contribution in [0.25, 0.3) is 10.9 Å². The second kappa shape index (κ2) is 5.80. The van der Waals surface area contributed by atoms with E-state index in [4.69, 9.17) is 0 Å². The van der Waals surface area contributed by atoms with Gasteiger partial charge >= 0.3 is 0 Å². The molecule has 0 N–H and O–H groups in total. The van der Waals surface area contributed by atoms with Crippen LogP contribution in [-0.4, -0.2) is 15.9 Å². The summed E-state index contributed by atoms with van der Waals surface area (Å²) in [7, 11) is 0. The van der Waals surface area contributed by atoms with E-state index in [1.807, 2.05) is 30.3 Å². The summed E-state index contributed by atoms with van der Waals surface area (Å²) >= 11 is 0. The molecule has 0 radical (unpaired) electrons. The Bertz CT molecular complexity index is 916. The molecule has 0 saturated heterocycles. The zero-order valence-electron chi connectivity index (χ0n) is 13.5. The first kappa shape index (κ1) is 15.2. The Balaban J connectivity index is 1.91. The molecule has 1 aromatic heterocycles. The summed E-state index contributed by atoms with van der Waals surface area (Å²) in [5, 5.41) is 4.80. The van der Waals surface area contributed by atoms with Crippen LogP contribution in [0.5, 0.6) is 0 Å². The van der Waals surface area contributed by atoms with E-state index in [0.717, 1.165) is 5.56 Å². The van der Waals surface area contributed by atoms with Crippen LogP contribution < -0.4 is 5.56 Å². The van der Waals surface area contributed by atoms with E-state index >= 15 is 0 Å². The van der Waals surface area contributed by atoms with E-state index in [-0.39, 0.29) is 11.0 Å². The van der Waals surface area contributed by atoms with Crippen molar-refractivity contribution in [3.63, 3.8) is 0 Å². The van der Waals surface area contributed by atoms with E-state index in [1.165, 1.54) is 16.6 Å². The molecule has 1 heterocycles. The SMILES string of the molecule is CC(C)(C)c1ccc(/C=N/n2cnc3ccccc3c2=O)cc1. The summed E-state index contributed by atoms with van der Waals surface area (Å²) in [5.74, 6) is 0. The summed E-state index contributed by atoms with van der Waals surface area (Å²) in [6, 6.07) is 15.4. The van der Waals surface area contributed by atoms with Gasteiger partial charge in [-0.3, -0.25) is 4.79 Å². The highest BCUT2D eigenvalue weighted by atomic mass is 16.1. The van der Waals surface area contributed by atoms with Crippen LogP contribution in [0.4, 0.5) is 0 Å². The number of benzene rings is 2. The maximum atomic E-state index is 12.3. The first-order chi connectivity index (χ1) is 10.9. The minimum atomic E-state index is -0.168. The normalized spacial score (nSPS) is 12.1. The number of aromatic nitrogens is 2. The molecule has 3 aromatic rings. The smallest absolute Gasteiger partial charge is 0.267 e. The minimum Gasteiger partial charge on any atom is -0.267 e. The number of hydrogen-bond acceptors (Lipinski definition) is 3. The molecule has 0 aliphatic carbocycles.